The van der Waals surface area contributed by atoms with Crippen LogP contribution in [0.5, 0.6) is 0 Å². The Bertz CT molecular complexity index is 633. The molecule has 0 spiro atoms. The molecule has 0 aliphatic rings. The summed E-state index contributed by atoms with van der Waals surface area (Å²) in [5, 5.41) is 17.4. The highest BCUT2D eigenvalue weighted by Crippen LogP contribution is 2.21. The second kappa shape index (κ2) is 5.25. The molecule has 0 aliphatic heterocycles. The molecule has 96 valence electrons. The first-order valence-electron chi connectivity index (χ1n) is 5.80. The molecule has 0 radical (unpaired) electrons. The summed E-state index contributed by atoms with van der Waals surface area (Å²) in [6.45, 7) is 0. The highest BCUT2D eigenvalue weighted by atomic mass is 32.1. The van der Waals surface area contributed by atoms with Crippen molar-refractivity contribution in [1.29, 1.82) is 0 Å². The lowest BCUT2D eigenvalue weighted by molar-refractivity contribution is 0.617. The van der Waals surface area contributed by atoms with E-state index in [0.29, 0.717) is 0 Å². The molecule has 7 heteroatoms. The largest absolute Gasteiger partial charge is 0.307 e. The van der Waals surface area contributed by atoms with Gasteiger partial charge in [0.1, 0.15) is 0 Å². The molecule has 0 aliphatic carbocycles. The minimum atomic E-state index is -0.0750. The van der Waals surface area contributed by atoms with E-state index < -0.39 is 0 Å². The van der Waals surface area contributed by atoms with Gasteiger partial charge in [0.25, 0.3) is 0 Å². The van der Waals surface area contributed by atoms with Crippen LogP contribution in [0.15, 0.2) is 41.9 Å². The molecule has 1 aromatic carbocycles. The molecule has 1 N–H and O–H groups in total. The zero-order valence-corrected chi connectivity index (χ0v) is 11.1. The highest BCUT2D eigenvalue weighted by Gasteiger charge is 2.20. The monoisotopic (exact) mass is 272 g/mol. The van der Waals surface area contributed by atoms with Crippen molar-refractivity contribution in [3.05, 3.63) is 53.3 Å². The summed E-state index contributed by atoms with van der Waals surface area (Å²) in [5.41, 5.74) is 2.77. The number of hydrogen-bond acceptors (Lipinski definition) is 6. The molecule has 6 nitrogen and oxygen atoms in total. The van der Waals surface area contributed by atoms with Crippen molar-refractivity contribution in [3.8, 4) is 5.69 Å². The Morgan fingerprint density at radius 2 is 2.11 bits per heavy atom. The number of hydrogen-bond donors (Lipinski definition) is 1. The molecule has 1 atom stereocenters. The lowest BCUT2D eigenvalue weighted by atomic mass is 10.1. The summed E-state index contributed by atoms with van der Waals surface area (Å²) < 4.78 is 5.71. The average Bonchev–Trinajstić information content (AvgIpc) is 3.12. The van der Waals surface area contributed by atoms with Gasteiger partial charge in [0.15, 0.2) is 0 Å². The predicted octanol–water partition coefficient (Wildman–Crippen LogP) is 1.43. The van der Waals surface area contributed by atoms with Gasteiger partial charge in [-0.15, -0.1) is 10.2 Å². The molecular formula is C12H12N6S. The minimum Gasteiger partial charge on any atom is -0.307 e. The Kier molecular flexibility index (Phi) is 3.30. The maximum absolute atomic E-state index is 4.15. The number of nitrogens with zero attached hydrogens (tertiary/aromatic N) is 5. The summed E-state index contributed by atoms with van der Waals surface area (Å²) in [6.07, 6.45) is 1.74. The van der Waals surface area contributed by atoms with Crippen molar-refractivity contribution in [2.45, 2.75) is 6.04 Å². The van der Waals surface area contributed by atoms with E-state index in [9.17, 15) is 0 Å². The molecule has 1 unspecified atom stereocenters. The van der Waals surface area contributed by atoms with Crippen LogP contribution in [0.25, 0.3) is 5.69 Å². The van der Waals surface area contributed by atoms with Gasteiger partial charge in [-0.25, -0.2) is 4.68 Å². The zero-order valence-electron chi connectivity index (χ0n) is 10.3. The normalized spacial score (nSPS) is 12.5. The Morgan fingerprint density at radius 1 is 1.26 bits per heavy atom. The fourth-order valence-corrected chi connectivity index (χ4v) is 2.43. The molecule has 2 aromatic heterocycles. The summed E-state index contributed by atoms with van der Waals surface area (Å²) in [5.74, 6) is 0. The fraction of sp³-hybridized carbons (Fsp3) is 0.167. The van der Waals surface area contributed by atoms with Gasteiger partial charge >= 0.3 is 0 Å². The van der Waals surface area contributed by atoms with Crippen LogP contribution in [0.1, 0.15) is 17.4 Å². The van der Waals surface area contributed by atoms with Crippen LogP contribution >= 0.6 is 11.5 Å². The van der Waals surface area contributed by atoms with Crippen LogP contribution in [0.3, 0.4) is 0 Å². The third-order valence-electron chi connectivity index (χ3n) is 2.83. The van der Waals surface area contributed by atoms with Crippen molar-refractivity contribution in [1.82, 2.24) is 29.9 Å². The Labute approximate surface area is 114 Å². The van der Waals surface area contributed by atoms with Crippen LogP contribution in [0, 0.1) is 0 Å². The van der Waals surface area contributed by atoms with Gasteiger partial charge in [-0.05, 0) is 30.7 Å². The number of rotatable bonds is 4. The van der Waals surface area contributed by atoms with Gasteiger partial charge in [0.05, 0.1) is 29.3 Å². The van der Waals surface area contributed by atoms with E-state index in [-0.39, 0.29) is 6.04 Å². The molecule has 0 saturated heterocycles. The van der Waals surface area contributed by atoms with Crippen LogP contribution in [0.2, 0.25) is 0 Å². The molecular weight excluding hydrogens is 260 g/mol. The Balaban J connectivity index is 2.04. The van der Waals surface area contributed by atoms with Gasteiger partial charge in [0.2, 0.25) is 0 Å². The molecule has 0 amide bonds. The van der Waals surface area contributed by atoms with Crippen molar-refractivity contribution in [2.75, 3.05) is 7.05 Å². The van der Waals surface area contributed by atoms with Gasteiger partial charge in [-0.3, -0.25) is 0 Å². The summed E-state index contributed by atoms with van der Waals surface area (Å²) in [6, 6.07) is 9.82. The summed E-state index contributed by atoms with van der Waals surface area (Å²) in [4.78, 5) is 0. The second-order valence-corrected chi connectivity index (χ2v) is 4.57. The van der Waals surface area contributed by atoms with E-state index >= 15 is 0 Å². The lowest BCUT2D eigenvalue weighted by Gasteiger charge is -2.14. The van der Waals surface area contributed by atoms with Crippen LogP contribution in [0.4, 0.5) is 0 Å². The van der Waals surface area contributed by atoms with Gasteiger partial charge in [-0.2, -0.15) is 0 Å². The topological polar surface area (TPSA) is 68.5 Å². The van der Waals surface area contributed by atoms with E-state index in [1.165, 1.54) is 11.5 Å². The number of para-hydroxylation sites is 1. The van der Waals surface area contributed by atoms with Crippen LogP contribution in [-0.4, -0.2) is 31.6 Å². The van der Waals surface area contributed by atoms with Gasteiger partial charge in [0, 0.05) is 5.38 Å². The molecule has 0 saturated carbocycles. The summed E-state index contributed by atoms with van der Waals surface area (Å²) in [7, 11) is 1.88. The first-order chi connectivity index (χ1) is 9.40. The van der Waals surface area contributed by atoms with Crippen molar-refractivity contribution in [3.63, 3.8) is 0 Å². The standard InChI is InChI=1S/C12H12N6S/c1-13-12(10-8-19-17-15-10)11-7-14-16-18(11)9-5-3-2-4-6-9/h2-8,12-13H,1H3. The van der Waals surface area contributed by atoms with E-state index in [2.05, 4.69) is 25.2 Å². The van der Waals surface area contributed by atoms with Crippen molar-refractivity contribution in [2.24, 2.45) is 0 Å². The molecule has 0 fully saturated rings. The minimum absolute atomic E-state index is 0.0750. The lowest BCUT2D eigenvalue weighted by Crippen LogP contribution is -2.21. The third-order valence-corrected chi connectivity index (χ3v) is 3.36. The van der Waals surface area contributed by atoms with Gasteiger partial charge < -0.3 is 5.32 Å². The molecule has 0 bridgehead atoms. The number of benzene rings is 1. The number of aromatic nitrogens is 5. The van der Waals surface area contributed by atoms with Crippen LogP contribution < -0.4 is 5.32 Å². The average molecular weight is 272 g/mol. The van der Waals surface area contributed by atoms with Gasteiger partial charge in [-0.1, -0.05) is 27.9 Å². The maximum atomic E-state index is 4.15. The van der Waals surface area contributed by atoms with E-state index in [0.717, 1.165) is 17.1 Å². The quantitative estimate of drug-likeness (QED) is 0.778. The van der Waals surface area contributed by atoms with Crippen LogP contribution in [-0.2, 0) is 0 Å². The van der Waals surface area contributed by atoms with E-state index in [1.807, 2.05) is 42.8 Å². The molecule has 19 heavy (non-hydrogen) atoms. The first kappa shape index (κ1) is 11.9. The molecule has 2 heterocycles. The highest BCUT2D eigenvalue weighted by molar-refractivity contribution is 7.03. The van der Waals surface area contributed by atoms with E-state index in [1.54, 1.807) is 10.9 Å². The smallest absolute Gasteiger partial charge is 0.0986 e. The molecule has 3 rings (SSSR count). The predicted molar refractivity (Wildman–Crippen MR) is 72.2 cm³/mol. The SMILES string of the molecule is CNC(c1csnn1)c1cnnn1-c1ccccc1. The summed E-state index contributed by atoms with van der Waals surface area (Å²) >= 11 is 1.33. The Morgan fingerprint density at radius 3 is 2.79 bits per heavy atom. The maximum Gasteiger partial charge on any atom is 0.0986 e. The first-order valence-corrected chi connectivity index (χ1v) is 6.64. The van der Waals surface area contributed by atoms with E-state index in [4.69, 9.17) is 0 Å². The number of nitrogens with one attached hydrogen (secondary N) is 1. The zero-order chi connectivity index (χ0) is 13.1. The van der Waals surface area contributed by atoms with Crippen molar-refractivity contribution < 1.29 is 0 Å². The molecule has 3 aromatic rings. The second-order valence-electron chi connectivity index (χ2n) is 3.96. The van der Waals surface area contributed by atoms with Crippen molar-refractivity contribution >= 4 is 11.5 Å². The fourth-order valence-electron chi connectivity index (χ4n) is 1.95. The third kappa shape index (κ3) is 2.25. The Hall–Kier alpha value is -2.12.